The van der Waals surface area contributed by atoms with Crippen LogP contribution in [0.25, 0.3) is 0 Å². The molecule has 1 rings (SSSR count). The lowest BCUT2D eigenvalue weighted by Crippen LogP contribution is -2.55. The van der Waals surface area contributed by atoms with Gasteiger partial charge < -0.3 is 20.3 Å². The molecule has 7 nitrogen and oxygen atoms in total. The van der Waals surface area contributed by atoms with Crippen LogP contribution in [-0.4, -0.2) is 59.0 Å². The zero-order chi connectivity index (χ0) is 28.9. The van der Waals surface area contributed by atoms with Crippen molar-refractivity contribution in [3.63, 3.8) is 0 Å². The van der Waals surface area contributed by atoms with Crippen LogP contribution in [0.1, 0.15) is 97.7 Å². The van der Waals surface area contributed by atoms with Gasteiger partial charge in [-0.15, -0.1) is 0 Å². The summed E-state index contributed by atoms with van der Waals surface area (Å²) < 4.78 is 5.48. The Morgan fingerprint density at radius 1 is 1.08 bits per heavy atom. The van der Waals surface area contributed by atoms with Crippen LogP contribution >= 0.6 is 11.8 Å². The number of hydrogen-bond acceptors (Lipinski definition) is 5. The maximum Gasteiger partial charge on any atom is 0.408 e. The molecule has 216 valence electrons. The molecule has 0 aliphatic rings. The van der Waals surface area contributed by atoms with Gasteiger partial charge in [0.05, 0.1) is 0 Å². The number of unbranched alkanes of at least 4 members (excludes halogenated alkanes) is 1. The zero-order valence-electron chi connectivity index (χ0n) is 25.1. The largest absolute Gasteiger partial charge is 0.444 e. The third kappa shape index (κ3) is 12.1. The van der Waals surface area contributed by atoms with E-state index in [1.165, 1.54) is 0 Å². The molecule has 38 heavy (non-hydrogen) atoms. The minimum Gasteiger partial charge on any atom is -0.444 e. The zero-order valence-corrected chi connectivity index (χ0v) is 25.9. The van der Waals surface area contributed by atoms with Crippen molar-refractivity contribution in [2.45, 2.75) is 111 Å². The second-order valence-electron chi connectivity index (χ2n) is 11.5. The number of hydrogen-bond donors (Lipinski definition) is 2. The van der Waals surface area contributed by atoms with Crippen molar-refractivity contribution < 1.29 is 19.1 Å². The van der Waals surface area contributed by atoms with E-state index < -0.39 is 23.8 Å². The molecule has 0 saturated carbocycles. The Labute approximate surface area is 235 Å². The first-order chi connectivity index (χ1) is 17.8. The van der Waals surface area contributed by atoms with Gasteiger partial charge in [-0.1, -0.05) is 57.0 Å². The molecule has 0 aliphatic carbocycles. The third-order valence-corrected chi connectivity index (χ3v) is 6.85. The van der Waals surface area contributed by atoms with E-state index in [4.69, 9.17) is 4.74 Å². The van der Waals surface area contributed by atoms with Gasteiger partial charge in [-0.3, -0.25) is 9.59 Å². The van der Waals surface area contributed by atoms with Gasteiger partial charge in [0.25, 0.3) is 0 Å². The van der Waals surface area contributed by atoms with Crippen molar-refractivity contribution in [1.82, 2.24) is 15.5 Å². The van der Waals surface area contributed by atoms with Crippen molar-refractivity contribution in [2.75, 3.05) is 18.6 Å². The summed E-state index contributed by atoms with van der Waals surface area (Å²) in [6.07, 6.45) is 5.25. The highest BCUT2D eigenvalue weighted by Gasteiger charge is 2.38. The minimum atomic E-state index is -0.811. The number of nitrogens with one attached hydrogen (secondary N) is 2. The van der Waals surface area contributed by atoms with Crippen LogP contribution in [-0.2, 0) is 14.3 Å². The number of ether oxygens (including phenoxy) is 1. The Balaban J connectivity index is 3.55. The summed E-state index contributed by atoms with van der Waals surface area (Å²) in [5.74, 6) is 0.670. The van der Waals surface area contributed by atoms with E-state index in [0.717, 1.165) is 36.8 Å². The van der Waals surface area contributed by atoms with Crippen LogP contribution in [0.4, 0.5) is 4.79 Å². The Morgan fingerprint density at radius 3 is 2.32 bits per heavy atom. The number of nitrogens with zero attached hydrogens (tertiary/aromatic N) is 1. The number of amides is 3. The van der Waals surface area contributed by atoms with E-state index in [1.807, 2.05) is 44.4 Å². The summed E-state index contributed by atoms with van der Waals surface area (Å²) in [4.78, 5) is 42.5. The topological polar surface area (TPSA) is 87.7 Å². The summed E-state index contributed by atoms with van der Waals surface area (Å²) in [5.41, 5.74) is 1.09. The smallest absolute Gasteiger partial charge is 0.408 e. The van der Waals surface area contributed by atoms with Crippen molar-refractivity contribution in [1.29, 1.82) is 0 Å². The van der Waals surface area contributed by atoms with Gasteiger partial charge in [0.2, 0.25) is 11.8 Å². The molecule has 1 aromatic carbocycles. The van der Waals surface area contributed by atoms with Gasteiger partial charge in [-0.25, -0.2) is 4.79 Å². The van der Waals surface area contributed by atoms with Crippen LogP contribution in [0, 0.1) is 12.8 Å². The summed E-state index contributed by atoms with van der Waals surface area (Å²) in [6, 6.07) is 5.94. The molecule has 0 spiro atoms. The number of benzene rings is 1. The lowest BCUT2D eigenvalue weighted by molar-refractivity contribution is -0.145. The van der Waals surface area contributed by atoms with Crippen molar-refractivity contribution in [2.24, 2.45) is 5.92 Å². The fraction of sp³-hybridized carbons (Fsp3) is 0.700. The van der Waals surface area contributed by atoms with Gasteiger partial charge in [0.15, 0.2) is 0 Å². The second-order valence-corrected chi connectivity index (χ2v) is 12.5. The fourth-order valence-electron chi connectivity index (χ4n) is 4.20. The molecule has 0 heterocycles. The van der Waals surface area contributed by atoms with Gasteiger partial charge in [0.1, 0.15) is 17.7 Å². The number of alkyl carbamates (subject to hydrolysis) is 1. The van der Waals surface area contributed by atoms with E-state index in [2.05, 4.69) is 31.4 Å². The number of aryl methyl sites for hydroxylation is 1. The summed E-state index contributed by atoms with van der Waals surface area (Å²) in [6.45, 7) is 16.3. The molecule has 3 unspecified atom stereocenters. The monoisotopic (exact) mass is 549 g/mol. The average Bonchev–Trinajstić information content (AvgIpc) is 2.82. The SMILES string of the molecule is CCCCNC(=O)C(c1cccc(C)c1)N(C(=O)C(CCSC)NC(=O)OC(C)(C)C)C(C)CCC(C)C. The third-order valence-electron chi connectivity index (χ3n) is 6.20. The molecule has 0 bridgehead atoms. The molecule has 8 heteroatoms. The predicted octanol–water partition coefficient (Wildman–Crippen LogP) is 6.25. The van der Waals surface area contributed by atoms with Gasteiger partial charge in [-0.05, 0) is 83.8 Å². The Hall–Kier alpha value is -2.22. The molecule has 0 aliphatic heterocycles. The average molecular weight is 550 g/mol. The quantitative estimate of drug-likeness (QED) is 0.252. The Bertz CT molecular complexity index is 884. The van der Waals surface area contributed by atoms with E-state index in [0.29, 0.717) is 24.6 Å². The van der Waals surface area contributed by atoms with E-state index in [9.17, 15) is 14.4 Å². The van der Waals surface area contributed by atoms with Crippen molar-refractivity contribution in [3.8, 4) is 0 Å². The van der Waals surface area contributed by atoms with E-state index in [-0.39, 0.29) is 17.9 Å². The minimum absolute atomic E-state index is 0.199. The Kier molecular flexibility index (Phi) is 14.8. The maximum atomic E-state index is 14.3. The highest BCUT2D eigenvalue weighted by Crippen LogP contribution is 2.28. The first-order valence-corrected chi connectivity index (χ1v) is 15.3. The van der Waals surface area contributed by atoms with Crippen LogP contribution in [0.2, 0.25) is 0 Å². The fourth-order valence-corrected chi connectivity index (χ4v) is 4.67. The van der Waals surface area contributed by atoms with Crippen LogP contribution in [0.15, 0.2) is 24.3 Å². The number of carbonyl (C=O) groups excluding carboxylic acids is 3. The van der Waals surface area contributed by atoms with Crippen molar-refractivity contribution in [3.05, 3.63) is 35.4 Å². The molecule has 3 atom stereocenters. The maximum absolute atomic E-state index is 14.3. The van der Waals surface area contributed by atoms with Crippen molar-refractivity contribution >= 4 is 29.7 Å². The lowest BCUT2D eigenvalue weighted by atomic mass is 9.96. The lowest BCUT2D eigenvalue weighted by Gasteiger charge is -2.39. The van der Waals surface area contributed by atoms with Gasteiger partial charge in [0, 0.05) is 12.6 Å². The first kappa shape index (κ1) is 33.8. The molecule has 3 amide bonds. The number of rotatable bonds is 15. The van der Waals surface area contributed by atoms with E-state index in [1.54, 1.807) is 37.4 Å². The van der Waals surface area contributed by atoms with Crippen LogP contribution in [0.3, 0.4) is 0 Å². The second kappa shape index (κ2) is 16.7. The molecular formula is C30H51N3O4S. The van der Waals surface area contributed by atoms with E-state index >= 15 is 0 Å². The standard InChI is InChI=1S/C30H51N3O4S/c1-10-11-18-31-27(34)26(24-14-12-13-22(4)20-24)33(23(5)16-15-21(2)3)28(35)25(17-19-38-9)32-29(36)37-30(6,7)8/h12-14,20-21,23,25-26H,10-11,15-19H2,1-9H3,(H,31,34)(H,32,36). The van der Waals surface area contributed by atoms with Gasteiger partial charge in [-0.2, -0.15) is 11.8 Å². The first-order valence-electron chi connectivity index (χ1n) is 14.0. The Morgan fingerprint density at radius 2 is 1.76 bits per heavy atom. The van der Waals surface area contributed by atoms with Gasteiger partial charge >= 0.3 is 6.09 Å². The summed E-state index contributed by atoms with van der Waals surface area (Å²) in [7, 11) is 0. The predicted molar refractivity (Wildman–Crippen MR) is 158 cm³/mol. The molecule has 0 fully saturated rings. The summed E-state index contributed by atoms with van der Waals surface area (Å²) in [5, 5.41) is 5.88. The molecule has 0 aromatic heterocycles. The molecule has 0 radical (unpaired) electrons. The van der Waals surface area contributed by atoms with Crippen LogP contribution in [0.5, 0.6) is 0 Å². The molecule has 0 saturated heterocycles. The number of thioether (sulfide) groups is 1. The summed E-state index contributed by atoms with van der Waals surface area (Å²) >= 11 is 1.61. The molecule has 2 N–H and O–H groups in total. The number of carbonyl (C=O) groups is 3. The highest BCUT2D eigenvalue weighted by molar-refractivity contribution is 7.98. The molecular weight excluding hydrogens is 498 g/mol. The van der Waals surface area contributed by atoms with Crippen LogP contribution < -0.4 is 10.6 Å². The normalized spacial score (nSPS) is 13.9. The molecule has 1 aromatic rings. The highest BCUT2D eigenvalue weighted by atomic mass is 32.2.